The molecule has 1 amide bonds. The maximum Gasteiger partial charge on any atom is 0.224 e. The number of carbonyl (C=O) groups is 1. The van der Waals surface area contributed by atoms with E-state index in [0.29, 0.717) is 19.4 Å². The summed E-state index contributed by atoms with van der Waals surface area (Å²) in [6.07, 6.45) is 2.51. The van der Waals surface area contributed by atoms with Crippen LogP contribution in [0.2, 0.25) is 0 Å². The van der Waals surface area contributed by atoms with Gasteiger partial charge in [-0.25, -0.2) is 4.98 Å². The van der Waals surface area contributed by atoms with Crippen LogP contribution in [0.4, 0.5) is 0 Å². The lowest BCUT2D eigenvalue weighted by Gasteiger charge is -2.04. The van der Waals surface area contributed by atoms with Gasteiger partial charge in [-0.3, -0.25) is 9.89 Å². The number of nitrogens with zero attached hydrogens (tertiary/aromatic N) is 2. The van der Waals surface area contributed by atoms with Crippen molar-refractivity contribution in [1.29, 1.82) is 0 Å². The number of rotatable bonds is 5. The van der Waals surface area contributed by atoms with E-state index in [1.54, 1.807) is 0 Å². The van der Waals surface area contributed by atoms with Gasteiger partial charge >= 0.3 is 0 Å². The Kier molecular flexibility index (Phi) is 4.46. The zero-order valence-electron chi connectivity index (χ0n) is 9.69. The second-order valence-electron chi connectivity index (χ2n) is 3.84. The Morgan fingerprint density at radius 2 is 2.11 bits per heavy atom. The predicted octanol–water partition coefficient (Wildman–Crippen LogP) is 1.47. The first kappa shape index (κ1) is 12.8. The summed E-state index contributed by atoms with van der Waals surface area (Å²) in [6.45, 7) is 0.560. The molecule has 0 aliphatic heterocycles. The van der Waals surface area contributed by atoms with E-state index in [2.05, 4.69) is 36.4 Å². The lowest BCUT2D eigenvalue weighted by Crippen LogP contribution is -2.27. The number of halogens is 1. The average molecular weight is 309 g/mol. The van der Waals surface area contributed by atoms with Gasteiger partial charge in [0.05, 0.1) is 6.42 Å². The van der Waals surface area contributed by atoms with Crippen molar-refractivity contribution in [2.24, 2.45) is 0 Å². The Morgan fingerprint density at radius 1 is 1.33 bits per heavy atom. The molecule has 0 radical (unpaired) electrons. The average Bonchev–Trinajstić information content (AvgIpc) is 2.85. The van der Waals surface area contributed by atoms with E-state index in [4.69, 9.17) is 0 Å². The van der Waals surface area contributed by atoms with Crippen molar-refractivity contribution < 1.29 is 4.79 Å². The number of carbonyl (C=O) groups excluding carboxylic acids is 1. The Hall–Kier alpha value is -1.69. The van der Waals surface area contributed by atoms with E-state index in [9.17, 15) is 4.79 Å². The van der Waals surface area contributed by atoms with Crippen molar-refractivity contribution in [1.82, 2.24) is 20.5 Å². The summed E-state index contributed by atoms with van der Waals surface area (Å²) < 4.78 is 1.01. The molecule has 0 fully saturated rings. The van der Waals surface area contributed by atoms with E-state index in [1.807, 2.05) is 24.3 Å². The van der Waals surface area contributed by atoms with Crippen molar-refractivity contribution in [3.05, 3.63) is 46.5 Å². The molecule has 0 saturated carbocycles. The van der Waals surface area contributed by atoms with Gasteiger partial charge in [0.15, 0.2) is 0 Å². The van der Waals surface area contributed by atoms with Crippen LogP contribution in [0.5, 0.6) is 0 Å². The Labute approximate surface area is 113 Å². The number of hydrogen-bond donors (Lipinski definition) is 2. The second kappa shape index (κ2) is 6.30. The monoisotopic (exact) mass is 308 g/mol. The summed E-state index contributed by atoms with van der Waals surface area (Å²) in [5, 5.41) is 9.34. The molecule has 0 atom stereocenters. The van der Waals surface area contributed by atoms with E-state index < -0.39 is 0 Å². The third-order valence-corrected chi connectivity index (χ3v) is 2.96. The molecule has 18 heavy (non-hydrogen) atoms. The van der Waals surface area contributed by atoms with Crippen LogP contribution in [0.15, 0.2) is 35.1 Å². The number of amides is 1. The van der Waals surface area contributed by atoms with Gasteiger partial charge in [0.1, 0.15) is 12.2 Å². The van der Waals surface area contributed by atoms with E-state index in [1.165, 1.54) is 6.33 Å². The first-order valence-corrected chi connectivity index (χ1v) is 6.39. The highest BCUT2D eigenvalue weighted by Gasteiger charge is 2.03. The van der Waals surface area contributed by atoms with Gasteiger partial charge in [-0.05, 0) is 17.7 Å². The van der Waals surface area contributed by atoms with Crippen molar-refractivity contribution in [2.75, 3.05) is 6.54 Å². The third-order valence-electron chi connectivity index (χ3n) is 2.43. The molecule has 0 unspecified atom stereocenters. The molecule has 1 aromatic carbocycles. The quantitative estimate of drug-likeness (QED) is 0.878. The Balaban J connectivity index is 1.73. The molecule has 5 nitrogen and oxygen atoms in total. The molecule has 2 aromatic rings. The van der Waals surface area contributed by atoms with Crippen LogP contribution in [-0.2, 0) is 17.6 Å². The molecule has 1 aromatic heterocycles. The normalized spacial score (nSPS) is 10.3. The minimum atomic E-state index is 0.0110. The maximum absolute atomic E-state index is 11.7. The van der Waals surface area contributed by atoms with Gasteiger partial charge in [0, 0.05) is 17.4 Å². The fourth-order valence-corrected chi connectivity index (χ4v) is 1.79. The molecule has 0 aliphatic carbocycles. The van der Waals surface area contributed by atoms with Gasteiger partial charge < -0.3 is 5.32 Å². The molecule has 2 N–H and O–H groups in total. The fourth-order valence-electron chi connectivity index (χ4n) is 1.52. The second-order valence-corrected chi connectivity index (χ2v) is 4.75. The zero-order valence-corrected chi connectivity index (χ0v) is 11.3. The predicted molar refractivity (Wildman–Crippen MR) is 70.9 cm³/mol. The van der Waals surface area contributed by atoms with E-state index >= 15 is 0 Å². The van der Waals surface area contributed by atoms with Gasteiger partial charge in [-0.2, -0.15) is 5.10 Å². The van der Waals surface area contributed by atoms with Crippen LogP contribution in [0.1, 0.15) is 11.4 Å². The summed E-state index contributed by atoms with van der Waals surface area (Å²) in [4.78, 5) is 15.6. The number of nitrogens with one attached hydrogen (secondary N) is 2. The standard InChI is InChI=1S/C12H13BrN4O/c13-10-3-1-9(2-4-10)7-12(18)14-6-5-11-15-8-16-17-11/h1-4,8H,5-7H2,(H,14,18)(H,15,16,17). The Bertz CT molecular complexity index is 495. The first-order valence-electron chi connectivity index (χ1n) is 5.59. The molecule has 0 saturated heterocycles. The third kappa shape index (κ3) is 3.96. The number of aromatic nitrogens is 3. The van der Waals surface area contributed by atoms with Gasteiger partial charge in [0.25, 0.3) is 0 Å². The molecule has 6 heteroatoms. The highest BCUT2D eigenvalue weighted by molar-refractivity contribution is 9.10. The summed E-state index contributed by atoms with van der Waals surface area (Å²) in [5.41, 5.74) is 0.996. The van der Waals surface area contributed by atoms with Crippen LogP contribution in [0.3, 0.4) is 0 Å². The number of benzene rings is 1. The summed E-state index contributed by atoms with van der Waals surface area (Å²) in [6, 6.07) is 7.72. The maximum atomic E-state index is 11.7. The lowest BCUT2D eigenvalue weighted by molar-refractivity contribution is -0.120. The van der Waals surface area contributed by atoms with Crippen LogP contribution in [-0.4, -0.2) is 27.6 Å². The van der Waals surface area contributed by atoms with E-state index in [-0.39, 0.29) is 5.91 Å². The molecule has 0 spiro atoms. The largest absolute Gasteiger partial charge is 0.355 e. The highest BCUT2D eigenvalue weighted by Crippen LogP contribution is 2.10. The van der Waals surface area contributed by atoms with Crippen LogP contribution >= 0.6 is 15.9 Å². The minimum absolute atomic E-state index is 0.0110. The van der Waals surface area contributed by atoms with Crippen molar-refractivity contribution in [3.63, 3.8) is 0 Å². The topological polar surface area (TPSA) is 70.7 Å². The van der Waals surface area contributed by atoms with Gasteiger partial charge in [0.2, 0.25) is 5.91 Å². The van der Waals surface area contributed by atoms with E-state index in [0.717, 1.165) is 15.9 Å². The first-order chi connectivity index (χ1) is 8.74. The molecule has 94 valence electrons. The molecule has 2 rings (SSSR count). The molecule has 0 aliphatic rings. The lowest BCUT2D eigenvalue weighted by atomic mass is 10.1. The molecule has 0 bridgehead atoms. The SMILES string of the molecule is O=C(Cc1ccc(Br)cc1)NCCc1ncn[nH]1. The molecular formula is C12H13BrN4O. The molecule has 1 heterocycles. The van der Waals surface area contributed by atoms with Gasteiger partial charge in [-0.15, -0.1) is 0 Å². The smallest absolute Gasteiger partial charge is 0.224 e. The minimum Gasteiger partial charge on any atom is -0.355 e. The van der Waals surface area contributed by atoms with Crippen molar-refractivity contribution in [3.8, 4) is 0 Å². The van der Waals surface area contributed by atoms with Crippen LogP contribution in [0.25, 0.3) is 0 Å². The highest BCUT2D eigenvalue weighted by atomic mass is 79.9. The number of aromatic amines is 1. The van der Waals surface area contributed by atoms with Gasteiger partial charge in [-0.1, -0.05) is 28.1 Å². The number of H-pyrrole nitrogens is 1. The summed E-state index contributed by atoms with van der Waals surface area (Å²) in [7, 11) is 0. The summed E-state index contributed by atoms with van der Waals surface area (Å²) in [5.74, 6) is 0.788. The van der Waals surface area contributed by atoms with Crippen LogP contribution in [0, 0.1) is 0 Å². The van der Waals surface area contributed by atoms with Crippen molar-refractivity contribution in [2.45, 2.75) is 12.8 Å². The number of hydrogen-bond acceptors (Lipinski definition) is 3. The molecular weight excluding hydrogens is 296 g/mol. The summed E-state index contributed by atoms with van der Waals surface area (Å²) >= 11 is 3.36. The Morgan fingerprint density at radius 3 is 2.78 bits per heavy atom. The van der Waals surface area contributed by atoms with Crippen molar-refractivity contribution >= 4 is 21.8 Å². The fraction of sp³-hybridized carbons (Fsp3) is 0.250. The van der Waals surface area contributed by atoms with Crippen LogP contribution < -0.4 is 5.32 Å². The zero-order chi connectivity index (χ0) is 12.8.